The van der Waals surface area contributed by atoms with E-state index >= 15 is 0 Å². The number of hydrogen-bond acceptors (Lipinski definition) is 3. The first-order chi connectivity index (χ1) is 13.2. The van der Waals surface area contributed by atoms with E-state index in [1.807, 2.05) is 24.3 Å². The van der Waals surface area contributed by atoms with Crippen molar-refractivity contribution in [1.82, 2.24) is 0 Å². The van der Waals surface area contributed by atoms with E-state index in [0.717, 1.165) is 25.1 Å². The zero-order valence-corrected chi connectivity index (χ0v) is 16.7. The number of anilines is 1. The number of carboxylic acids is 1. The van der Waals surface area contributed by atoms with Crippen molar-refractivity contribution in [2.45, 2.75) is 89.9 Å². The predicted molar refractivity (Wildman–Crippen MR) is 112 cm³/mol. The second-order valence-electron chi connectivity index (χ2n) is 7.36. The summed E-state index contributed by atoms with van der Waals surface area (Å²) in [5.74, 6) is -0.669. The van der Waals surface area contributed by atoms with Crippen molar-refractivity contribution in [3.05, 3.63) is 29.8 Å². The first-order valence-electron chi connectivity index (χ1n) is 10.7. The van der Waals surface area contributed by atoms with Gasteiger partial charge >= 0.3 is 5.97 Å². The Bertz CT molecular complexity index is 534. The Morgan fingerprint density at radius 1 is 0.778 bits per heavy atom. The molecule has 0 aliphatic carbocycles. The van der Waals surface area contributed by atoms with E-state index in [1.54, 1.807) is 0 Å². The summed E-state index contributed by atoms with van der Waals surface area (Å²) in [6.45, 7) is 0.998. The van der Waals surface area contributed by atoms with Crippen molar-refractivity contribution in [2.75, 3.05) is 11.9 Å². The van der Waals surface area contributed by atoms with Crippen molar-refractivity contribution >= 4 is 11.7 Å². The molecule has 2 N–H and O–H groups in total. The molecule has 27 heavy (non-hydrogen) atoms. The van der Waals surface area contributed by atoms with Gasteiger partial charge in [0, 0.05) is 18.7 Å². The summed E-state index contributed by atoms with van der Waals surface area (Å²) in [5.41, 5.74) is 1.80. The molecular weight excluding hydrogens is 336 g/mol. The zero-order valence-electron chi connectivity index (χ0n) is 16.7. The van der Waals surface area contributed by atoms with E-state index in [4.69, 9.17) is 10.4 Å². The van der Waals surface area contributed by atoms with Gasteiger partial charge in [0.1, 0.15) is 0 Å². The zero-order chi connectivity index (χ0) is 19.6. The number of hydrogen-bond donors (Lipinski definition) is 2. The molecule has 0 atom stereocenters. The molecule has 0 amide bonds. The summed E-state index contributed by atoms with van der Waals surface area (Å²) in [6, 6.07) is 9.77. The number of nitrogens with zero attached hydrogens (tertiary/aromatic N) is 1. The van der Waals surface area contributed by atoms with Crippen LogP contribution in [0.3, 0.4) is 0 Å². The number of nitrogens with one attached hydrogen (secondary N) is 1. The lowest BCUT2D eigenvalue weighted by Gasteiger charge is -2.06. The van der Waals surface area contributed by atoms with Gasteiger partial charge in [0.25, 0.3) is 0 Å². The van der Waals surface area contributed by atoms with Crippen LogP contribution in [0.15, 0.2) is 24.3 Å². The van der Waals surface area contributed by atoms with E-state index in [1.165, 1.54) is 70.6 Å². The van der Waals surface area contributed by atoms with Gasteiger partial charge in [0.2, 0.25) is 0 Å². The fourth-order valence-corrected chi connectivity index (χ4v) is 3.24. The number of nitriles is 1. The monoisotopic (exact) mass is 372 g/mol. The Morgan fingerprint density at radius 3 is 1.67 bits per heavy atom. The minimum Gasteiger partial charge on any atom is -0.481 e. The highest BCUT2D eigenvalue weighted by molar-refractivity contribution is 5.66. The fourth-order valence-electron chi connectivity index (χ4n) is 3.24. The second-order valence-corrected chi connectivity index (χ2v) is 7.36. The molecule has 150 valence electrons. The number of carbonyl (C=O) groups is 1. The van der Waals surface area contributed by atoms with Crippen molar-refractivity contribution < 1.29 is 9.90 Å². The third-order valence-electron chi connectivity index (χ3n) is 4.91. The average molecular weight is 373 g/mol. The number of aliphatic carboxylic acids is 1. The fraction of sp³-hybridized carbons (Fsp3) is 0.652. The lowest BCUT2D eigenvalue weighted by molar-refractivity contribution is -0.137. The van der Waals surface area contributed by atoms with Crippen LogP contribution in [0.5, 0.6) is 0 Å². The van der Waals surface area contributed by atoms with Gasteiger partial charge in [-0.25, -0.2) is 0 Å². The average Bonchev–Trinajstić information content (AvgIpc) is 2.68. The molecule has 4 nitrogen and oxygen atoms in total. The van der Waals surface area contributed by atoms with Gasteiger partial charge < -0.3 is 10.4 Å². The summed E-state index contributed by atoms with van der Waals surface area (Å²) in [7, 11) is 0. The van der Waals surface area contributed by atoms with Gasteiger partial charge in [-0.1, -0.05) is 70.6 Å². The topological polar surface area (TPSA) is 73.1 Å². The molecule has 0 aliphatic heterocycles. The molecule has 0 aromatic heterocycles. The maximum Gasteiger partial charge on any atom is 0.303 e. The van der Waals surface area contributed by atoms with Gasteiger partial charge in [-0.05, 0) is 37.1 Å². The molecule has 0 saturated heterocycles. The first kappa shape index (κ1) is 23.0. The quantitative estimate of drug-likeness (QED) is 0.305. The first-order valence-corrected chi connectivity index (χ1v) is 10.7. The minimum atomic E-state index is -0.669. The van der Waals surface area contributed by atoms with Crippen molar-refractivity contribution in [2.24, 2.45) is 0 Å². The molecule has 0 bridgehead atoms. The molecule has 1 aromatic carbocycles. The van der Waals surface area contributed by atoms with E-state index in [9.17, 15) is 4.79 Å². The number of unbranched alkanes of at least 4 members (excludes halogenated alkanes) is 12. The summed E-state index contributed by atoms with van der Waals surface area (Å²) >= 11 is 0. The van der Waals surface area contributed by atoms with Crippen LogP contribution in [0.25, 0.3) is 0 Å². The smallest absolute Gasteiger partial charge is 0.303 e. The molecule has 1 rings (SSSR count). The standard InChI is InChI=1S/C23H36N2O2/c24-20-21-15-17-22(18-16-21)25-19-13-11-9-7-5-3-1-2-4-6-8-10-12-14-23(26)27/h15-18,25H,1-14,19H2,(H,26,27). The van der Waals surface area contributed by atoms with Crippen molar-refractivity contribution in [3.8, 4) is 6.07 Å². The number of carboxylic acid groups (broad SMARTS) is 1. The second kappa shape index (κ2) is 16.2. The van der Waals surface area contributed by atoms with Gasteiger partial charge in [-0.15, -0.1) is 0 Å². The Balaban J connectivity index is 1.77. The Morgan fingerprint density at radius 2 is 1.22 bits per heavy atom. The maximum absolute atomic E-state index is 10.4. The van der Waals surface area contributed by atoms with Crippen LogP contribution in [0.1, 0.15) is 95.5 Å². The normalized spacial score (nSPS) is 10.5. The van der Waals surface area contributed by atoms with Gasteiger partial charge in [0.15, 0.2) is 0 Å². The van der Waals surface area contributed by atoms with E-state index in [-0.39, 0.29) is 0 Å². The van der Waals surface area contributed by atoms with Crippen LogP contribution < -0.4 is 5.32 Å². The largest absolute Gasteiger partial charge is 0.481 e. The highest BCUT2D eigenvalue weighted by atomic mass is 16.4. The van der Waals surface area contributed by atoms with Crippen LogP contribution in [-0.4, -0.2) is 17.6 Å². The van der Waals surface area contributed by atoms with E-state index in [0.29, 0.717) is 12.0 Å². The lowest BCUT2D eigenvalue weighted by Crippen LogP contribution is -2.01. The third kappa shape index (κ3) is 13.8. The van der Waals surface area contributed by atoms with Gasteiger partial charge in [-0.3, -0.25) is 4.79 Å². The summed E-state index contributed by atoms with van der Waals surface area (Å²) in [6.07, 6.45) is 16.5. The van der Waals surface area contributed by atoms with Crippen LogP contribution in [0.2, 0.25) is 0 Å². The van der Waals surface area contributed by atoms with Crippen molar-refractivity contribution in [1.29, 1.82) is 5.26 Å². The van der Waals surface area contributed by atoms with E-state index < -0.39 is 5.97 Å². The lowest BCUT2D eigenvalue weighted by atomic mass is 10.0. The molecule has 1 aromatic rings. The van der Waals surface area contributed by atoms with Crippen molar-refractivity contribution in [3.63, 3.8) is 0 Å². The highest BCUT2D eigenvalue weighted by Crippen LogP contribution is 2.13. The highest BCUT2D eigenvalue weighted by Gasteiger charge is 1.97. The van der Waals surface area contributed by atoms with Crippen LogP contribution in [0.4, 0.5) is 5.69 Å². The van der Waals surface area contributed by atoms with Gasteiger partial charge in [-0.2, -0.15) is 5.26 Å². The molecule has 0 heterocycles. The predicted octanol–water partition coefficient (Wildman–Crippen LogP) is 6.52. The molecular formula is C23H36N2O2. The molecule has 0 unspecified atom stereocenters. The summed E-state index contributed by atoms with van der Waals surface area (Å²) in [5, 5.41) is 20.7. The Labute approximate surface area is 165 Å². The molecule has 0 spiro atoms. The Hall–Kier alpha value is -2.02. The SMILES string of the molecule is N#Cc1ccc(NCCCCCCCCCCCCCCCC(=O)O)cc1. The van der Waals surface area contributed by atoms with Crippen LogP contribution >= 0.6 is 0 Å². The molecule has 0 saturated carbocycles. The minimum absolute atomic E-state index is 0.325. The number of rotatable bonds is 17. The summed E-state index contributed by atoms with van der Waals surface area (Å²) < 4.78 is 0. The maximum atomic E-state index is 10.4. The summed E-state index contributed by atoms with van der Waals surface area (Å²) in [4.78, 5) is 10.4. The van der Waals surface area contributed by atoms with Gasteiger partial charge in [0.05, 0.1) is 11.6 Å². The Kier molecular flexibility index (Phi) is 13.8. The van der Waals surface area contributed by atoms with E-state index in [2.05, 4.69) is 11.4 Å². The molecule has 0 radical (unpaired) electrons. The molecule has 0 aliphatic rings. The number of benzene rings is 1. The van der Waals surface area contributed by atoms with Crippen LogP contribution in [-0.2, 0) is 4.79 Å². The van der Waals surface area contributed by atoms with Crippen LogP contribution in [0, 0.1) is 11.3 Å². The molecule has 4 heteroatoms. The third-order valence-corrected chi connectivity index (χ3v) is 4.91. The molecule has 0 fully saturated rings.